The number of benzene rings is 1. The standard InChI is InChI=1S/C20H29N3O2/c1-20(2,3)23-13-16(12-21-17-8-6-10-25-14-17)19(22-23)15-7-5-9-18(11-15)24-4/h5,7,9,11,13,17,21H,6,8,10,12,14H2,1-4H3/t17-/m0/s1. The molecule has 0 aliphatic carbocycles. The van der Waals surface area contributed by atoms with Crippen molar-refractivity contribution in [2.75, 3.05) is 20.3 Å². The Morgan fingerprint density at radius 2 is 2.20 bits per heavy atom. The third kappa shape index (κ3) is 4.41. The second kappa shape index (κ2) is 7.58. The number of methoxy groups -OCH3 is 1. The van der Waals surface area contributed by atoms with Crippen molar-refractivity contribution in [2.45, 2.75) is 51.7 Å². The van der Waals surface area contributed by atoms with Crippen LogP contribution in [0.15, 0.2) is 30.5 Å². The van der Waals surface area contributed by atoms with E-state index in [0.29, 0.717) is 6.04 Å². The second-order valence-corrected chi connectivity index (χ2v) is 7.65. The molecule has 1 fully saturated rings. The molecule has 0 amide bonds. The van der Waals surface area contributed by atoms with Gasteiger partial charge in [0.05, 0.1) is 24.9 Å². The highest BCUT2D eigenvalue weighted by atomic mass is 16.5. The van der Waals surface area contributed by atoms with Crippen molar-refractivity contribution in [2.24, 2.45) is 0 Å². The fourth-order valence-corrected chi connectivity index (χ4v) is 3.05. The molecule has 0 unspecified atom stereocenters. The Morgan fingerprint density at radius 3 is 2.88 bits per heavy atom. The summed E-state index contributed by atoms with van der Waals surface area (Å²) in [5.74, 6) is 0.849. The molecule has 0 bridgehead atoms. The molecule has 0 saturated carbocycles. The van der Waals surface area contributed by atoms with Gasteiger partial charge in [0.2, 0.25) is 0 Å². The summed E-state index contributed by atoms with van der Waals surface area (Å²) < 4.78 is 13.0. The van der Waals surface area contributed by atoms with Crippen LogP contribution in [0.1, 0.15) is 39.2 Å². The van der Waals surface area contributed by atoms with Gasteiger partial charge in [-0.3, -0.25) is 4.68 Å². The largest absolute Gasteiger partial charge is 0.497 e. The van der Waals surface area contributed by atoms with E-state index in [1.54, 1.807) is 7.11 Å². The summed E-state index contributed by atoms with van der Waals surface area (Å²) in [5, 5.41) is 8.51. The SMILES string of the molecule is COc1cccc(-c2nn(C(C)(C)C)cc2CN[C@H]2CCCOC2)c1. The van der Waals surface area contributed by atoms with Crippen molar-refractivity contribution in [3.8, 4) is 17.0 Å². The summed E-state index contributed by atoms with van der Waals surface area (Å²) in [4.78, 5) is 0. The maximum absolute atomic E-state index is 5.58. The zero-order valence-corrected chi connectivity index (χ0v) is 15.7. The first-order valence-electron chi connectivity index (χ1n) is 9.02. The summed E-state index contributed by atoms with van der Waals surface area (Å²) in [5.41, 5.74) is 3.24. The van der Waals surface area contributed by atoms with E-state index in [0.717, 1.165) is 43.2 Å². The third-order valence-electron chi connectivity index (χ3n) is 4.56. The minimum atomic E-state index is -0.0557. The molecular weight excluding hydrogens is 314 g/mol. The van der Waals surface area contributed by atoms with Crippen LogP contribution in [0, 0.1) is 0 Å². The molecular formula is C20H29N3O2. The Bertz CT molecular complexity index is 697. The van der Waals surface area contributed by atoms with Gasteiger partial charge in [0.15, 0.2) is 0 Å². The molecule has 1 aliphatic rings. The van der Waals surface area contributed by atoms with E-state index in [1.165, 1.54) is 12.0 Å². The van der Waals surface area contributed by atoms with Gasteiger partial charge in [0, 0.05) is 36.5 Å². The predicted octanol–water partition coefficient (Wildman–Crippen LogP) is 3.58. The Balaban J connectivity index is 1.87. The van der Waals surface area contributed by atoms with Crippen molar-refractivity contribution in [1.82, 2.24) is 15.1 Å². The molecule has 2 aromatic rings. The number of ether oxygens (including phenoxy) is 2. The average molecular weight is 343 g/mol. The summed E-state index contributed by atoms with van der Waals surface area (Å²) in [6, 6.07) is 8.52. The molecule has 136 valence electrons. The highest BCUT2D eigenvalue weighted by molar-refractivity contribution is 5.64. The van der Waals surface area contributed by atoms with Crippen molar-refractivity contribution in [3.63, 3.8) is 0 Å². The van der Waals surface area contributed by atoms with Gasteiger partial charge in [-0.15, -0.1) is 0 Å². The molecule has 1 aromatic heterocycles. The van der Waals surface area contributed by atoms with Crippen LogP contribution < -0.4 is 10.1 Å². The quantitative estimate of drug-likeness (QED) is 0.901. The van der Waals surface area contributed by atoms with Gasteiger partial charge in [-0.1, -0.05) is 12.1 Å². The smallest absolute Gasteiger partial charge is 0.119 e. The fourth-order valence-electron chi connectivity index (χ4n) is 3.05. The molecule has 5 heteroatoms. The number of hydrogen-bond acceptors (Lipinski definition) is 4. The molecule has 0 radical (unpaired) electrons. The van der Waals surface area contributed by atoms with Gasteiger partial charge < -0.3 is 14.8 Å². The van der Waals surface area contributed by atoms with E-state index in [4.69, 9.17) is 14.6 Å². The molecule has 25 heavy (non-hydrogen) atoms. The van der Waals surface area contributed by atoms with E-state index >= 15 is 0 Å². The molecule has 2 heterocycles. The van der Waals surface area contributed by atoms with Crippen molar-refractivity contribution >= 4 is 0 Å². The van der Waals surface area contributed by atoms with Gasteiger partial charge in [-0.05, 0) is 45.7 Å². The third-order valence-corrected chi connectivity index (χ3v) is 4.56. The number of nitrogens with zero attached hydrogens (tertiary/aromatic N) is 2. The molecule has 5 nitrogen and oxygen atoms in total. The lowest BCUT2D eigenvalue weighted by Crippen LogP contribution is -2.36. The van der Waals surface area contributed by atoms with Crippen molar-refractivity contribution in [1.29, 1.82) is 0 Å². The van der Waals surface area contributed by atoms with Gasteiger partial charge >= 0.3 is 0 Å². The topological polar surface area (TPSA) is 48.3 Å². The maximum atomic E-state index is 5.58. The summed E-state index contributed by atoms with van der Waals surface area (Å²) in [6.45, 7) is 8.97. The molecule has 1 saturated heterocycles. The normalized spacial score (nSPS) is 18.3. The molecule has 1 aliphatic heterocycles. The van der Waals surface area contributed by atoms with Crippen LogP contribution in [0.2, 0.25) is 0 Å². The summed E-state index contributed by atoms with van der Waals surface area (Å²) >= 11 is 0. The molecule has 3 rings (SSSR count). The zero-order valence-electron chi connectivity index (χ0n) is 15.7. The number of rotatable bonds is 5. The predicted molar refractivity (Wildman–Crippen MR) is 99.9 cm³/mol. The van der Waals surface area contributed by atoms with Crippen LogP contribution in [0.3, 0.4) is 0 Å². The average Bonchev–Trinajstić information content (AvgIpc) is 3.05. The Labute approximate surface area is 150 Å². The monoisotopic (exact) mass is 343 g/mol. The minimum absolute atomic E-state index is 0.0557. The Kier molecular flexibility index (Phi) is 5.45. The van der Waals surface area contributed by atoms with Gasteiger partial charge in [-0.2, -0.15) is 5.10 Å². The summed E-state index contributed by atoms with van der Waals surface area (Å²) in [7, 11) is 1.69. The first-order valence-corrected chi connectivity index (χ1v) is 9.02. The summed E-state index contributed by atoms with van der Waals surface area (Å²) in [6.07, 6.45) is 4.45. The lowest BCUT2D eigenvalue weighted by Gasteiger charge is -2.23. The van der Waals surface area contributed by atoms with E-state index in [-0.39, 0.29) is 5.54 Å². The Morgan fingerprint density at radius 1 is 1.36 bits per heavy atom. The number of hydrogen-bond donors (Lipinski definition) is 1. The van der Waals surface area contributed by atoms with Crippen LogP contribution in [0.5, 0.6) is 5.75 Å². The molecule has 1 N–H and O–H groups in total. The first-order chi connectivity index (χ1) is 12.0. The van der Waals surface area contributed by atoms with Gasteiger partial charge in [0.25, 0.3) is 0 Å². The lowest BCUT2D eigenvalue weighted by atomic mass is 10.1. The van der Waals surface area contributed by atoms with E-state index < -0.39 is 0 Å². The van der Waals surface area contributed by atoms with E-state index in [1.807, 2.05) is 18.2 Å². The molecule has 0 spiro atoms. The van der Waals surface area contributed by atoms with Crippen LogP contribution >= 0.6 is 0 Å². The van der Waals surface area contributed by atoms with Crippen LogP contribution in [0.4, 0.5) is 0 Å². The maximum Gasteiger partial charge on any atom is 0.119 e. The van der Waals surface area contributed by atoms with Gasteiger partial charge in [0.1, 0.15) is 5.75 Å². The number of nitrogens with one attached hydrogen (secondary N) is 1. The van der Waals surface area contributed by atoms with E-state index in [9.17, 15) is 0 Å². The minimum Gasteiger partial charge on any atom is -0.497 e. The van der Waals surface area contributed by atoms with Crippen LogP contribution in [-0.4, -0.2) is 36.1 Å². The first kappa shape index (κ1) is 18.0. The Hall–Kier alpha value is -1.85. The van der Waals surface area contributed by atoms with Gasteiger partial charge in [-0.25, -0.2) is 0 Å². The number of aromatic nitrogens is 2. The molecule has 1 atom stereocenters. The van der Waals surface area contributed by atoms with Crippen LogP contribution in [0.25, 0.3) is 11.3 Å². The van der Waals surface area contributed by atoms with Crippen molar-refractivity contribution < 1.29 is 9.47 Å². The fraction of sp³-hybridized carbons (Fsp3) is 0.550. The second-order valence-electron chi connectivity index (χ2n) is 7.65. The highest BCUT2D eigenvalue weighted by Crippen LogP contribution is 2.28. The van der Waals surface area contributed by atoms with E-state index in [2.05, 4.69) is 43.0 Å². The van der Waals surface area contributed by atoms with Crippen LogP contribution in [-0.2, 0) is 16.8 Å². The van der Waals surface area contributed by atoms with Crippen molar-refractivity contribution in [3.05, 3.63) is 36.0 Å². The molecule has 1 aromatic carbocycles. The lowest BCUT2D eigenvalue weighted by molar-refractivity contribution is 0.0699. The highest BCUT2D eigenvalue weighted by Gasteiger charge is 2.20. The zero-order chi connectivity index (χ0) is 17.9.